The van der Waals surface area contributed by atoms with Gasteiger partial charge in [-0.1, -0.05) is 36.2 Å². The predicted molar refractivity (Wildman–Crippen MR) is 108 cm³/mol. The van der Waals surface area contributed by atoms with Crippen LogP contribution in [0.15, 0.2) is 24.3 Å². The number of halogens is 2. The highest BCUT2D eigenvalue weighted by Gasteiger charge is 2.26. The Morgan fingerprint density at radius 1 is 1.31 bits per heavy atom. The van der Waals surface area contributed by atoms with Crippen LogP contribution < -0.4 is 11.1 Å². The topological polar surface area (TPSA) is 72.2 Å². The summed E-state index contributed by atoms with van der Waals surface area (Å²) < 4.78 is 0. The Bertz CT molecular complexity index is 885. The standard InChI is InChI=1S/C19H18Cl2N2O2S/c1-10-5-6-12-15(9-10)26-19(17(12)18(22)25)23-16(24)8-7-11-13(20)3-2-4-14(11)21/h2-4,7-8,10H,5-6,9H2,1H3,(H2,22,25)(H,23,24). The van der Waals surface area contributed by atoms with Gasteiger partial charge in [-0.15, -0.1) is 11.3 Å². The first-order valence-corrected chi connectivity index (χ1v) is 9.81. The molecule has 0 fully saturated rings. The molecule has 1 aliphatic rings. The Balaban J connectivity index is 1.84. The molecule has 3 rings (SSSR count). The summed E-state index contributed by atoms with van der Waals surface area (Å²) >= 11 is 13.6. The van der Waals surface area contributed by atoms with Gasteiger partial charge in [-0.3, -0.25) is 9.59 Å². The van der Waals surface area contributed by atoms with Crippen molar-refractivity contribution in [2.75, 3.05) is 5.32 Å². The number of benzene rings is 1. The molecular weight excluding hydrogens is 391 g/mol. The summed E-state index contributed by atoms with van der Waals surface area (Å²) in [5.41, 5.74) is 7.55. The number of carbonyl (C=O) groups is 2. The molecule has 0 aliphatic heterocycles. The van der Waals surface area contributed by atoms with Gasteiger partial charge >= 0.3 is 0 Å². The fraction of sp³-hybridized carbons (Fsp3) is 0.263. The molecule has 0 radical (unpaired) electrons. The van der Waals surface area contributed by atoms with Gasteiger partial charge in [-0.2, -0.15) is 0 Å². The molecule has 7 heteroatoms. The van der Waals surface area contributed by atoms with Gasteiger partial charge in [0.05, 0.1) is 5.56 Å². The molecule has 0 saturated carbocycles. The van der Waals surface area contributed by atoms with Crippen molar-refractivity contribution < 1.29 is 9.59 Å². The summed E-state index contributed by atoms with van der Waals surface area (Å²) in [6.45, 7) is 2.18. The normalized spacial score (nSPS) is 16.5. The Labute approximate surface area is 166 Å². The van der Waals surface area contributed by atoms with E-state index in [-0.39, 0.29) is 5.91 Å². The van der Waals surface area contributed by atoms with Crippen LogP contribution >= 0.6 is 34.5 Å². The highest BCUT2D eigenvalue weighted by atomic mass is 35.5. The maximum absolute atomic E-state index is 12.3. The summed E-state index contributed by atoms with van der Waals surface area (Å²) in [4.78, 5) is 25.4. The van der Waals surface area contributed by atoms with Crippen LogP contribution in [0, 0.1) is 5.92 Å². The summed E-state index contributed by atoms with van der Waals surface area (Å²) in [6.07, 6.45) is 5.63. The van der Waals surface area contributed by atoms with E-state index in [1.807, 2.05) is 0 Å². The molecule has 0 bridgehead atoms. The van der Waals surface area contributed by atoms with Gasteiger partial charge in [0, 0.05) is 26.6 Å². The van der Waals surface area contributed by atoms with E-state index < -0.39 is 5.91 Å². The van der Waals surface area contributed by atoms with Gasteiger partial charge in [0.15, 0.2) is 0 Å². The Morgan fingerprint density at radius 3 is 2.65 bits per heavy atom. The van der Waals surface area contributed by atoms with Crippen molar-refractivity contribution in [3.05, 3.63) is 55.9 Å². The number of hydrogen-bond donors (Lipinski definition) is 2. The number of primary amides is 1. The van der Waals surface area contributed by atoms with Crippen molar-refractivity contribution in [1.29, 1.82) is 0 Å². The third-order valence-corrected chi connectivity index (χ3v) is 6.22. The van der Waals surface area contributed by atoms with E-state index >= 15 is 0 Å². The van der Waals surface area contributed by atoms with Crippen molar-refractivity contribution in [1.82, 2.24) is 0 Å². The van der Waals surface area contributed by atoms with Crippen LogP contribution in [0.1, 0.15) is 39.7 Å². The lowest BCUT2D eigenvalue weighted by atomic mass is 9.88. The number of nitrogens with two attached hydrogens (primary N) is 1. The average Bonchev–Trinajstić information content (AvgIpc) is 2.91. The molecule has 0 saturated heterocycles. The molecule has 3 N–H and O–H groups in total. The number of hydrogen-bond acceptors (Lipinski definition) is 3. The fourth-order valence-corrected chi connectivity index (χ4v) is 5.02. The molecule has 2 amide bonds. The van der Waals surface area contributed by atoms with Gasteiger partial charge in [0.2, 0.25) is 5.91 Å². The summed E-state index contributed by atoms with van der Waals surface area (Å²) in [7, 11) is 0. The molecule has 136 valence electrons. The van der Waals surface area contributed by atoms with Crippen molar-refractivity contribution >= 4 is 57.4 Å². The monoisotopic (exact) mass is 408 g/mol. The second-order valence-electron chi connectivity index (χ2n) is 6.38. The zero-order valence-electron chi connectivity index (χ0n) is 14.1. The molecular formula is C19H18Cl2N2O2S. The van der Waals surface area contributed by atoms with Crippen LogP contribution in [0.4, 0.5) is 5.00 Å². The maximum Gasteiger partial charge on any atom is 0.251 e. The first-order chi connectivity index (χ1) is 12.4. The molecule has 1 aromatic heterocycles. The van der Waals surface area contributed by atoms with E-state index in [0.717, 1.165) is 29.7 Å². The van der Waals surface area contributed by atoms with Gasteiger partial charge in [0.25, 0.3) is 5.91 Å². The Kier molecular flexibility index (Phi) is 5.70. The summed E-state index contributed by atoms with van der Waals surface area (Å²) in [5, 5.41) is 4.21. The third kappa shape index (κ3) is 3.95. The highest BCUT2D eigenvalue weighted by Crippen LogP contribution is 2.39. The molecule has 1 unspecified atom stereocenters. The zero-order valence-corrected chi connectivity index (χ0v) is 16.5. The zero-order chi connectivity index (χ0) is 18.8. The minimum absolute atomic E-state index is 0.366. The number of amides is 2. The Hall–Kier alpha value is -1.82. The van der Waals surface area contributed by atoms with Crippen LogP contribution in [0.5, 0.6) is 0 Å². The van der Waals surface area contributed by atoms with Crippen LogP contribution in [-0.2, 0) is 17.6 Å². The van der Waals surface area contributed by atoms with Crippen LogP contribution in [0.3, 0.4) is 0 Å². The molecule has 4 nitrogen and oxygen atoms in total. The predicted octanol–water partition coefficient (Wildman–Crippen LogP) is 4.93. The average molecular weight is 409 g/mol. The number of nitrogens with one attached hydrogen (secondary N) is 1. The lowest BCUT2D eigenvalue weighted by Gasteiger charge is -2.18. The number of thiophene rings is 1. The van der Waals surface area contributed by atoms with E-state index in [0.29, 0.717) is 32.1 Å². The van der Waals surface area contributed by atoms with Crippen molar-refractivity contribution in [2.45, 2.75) is 26.2 Å². The van der Waals surface area contributed by atoms with E-state index in [4.69, 9.17) is 28.9 Å². The maximum atomic E-state index is 12.3. The lowest BCUT2D eigenvalue weighted by molar-refractivity contribution is -0.111. The van der Waals surface area contributed by atoms with Crippen LogP contribution in [0.2, 0.25) is 10.0 Å². The first-order valence-electron chi connectivity index (χ1n) is 8.24. The van der Waals surface area contributed by atoms with E-state index in [2.05, 4.69) is 12.2 Å². The van der Waals surface area contributed by atoms with E-state index in [1.165, 1.54) is 17.4 Å². The number of carbonyl (C=O) groups excluding carboxylic acids is 2. The van der Waals surface area contributed by atoms with Crippen LogP contribution in [-0.4, -0.2) is 11.8 Å². The van der Waals surface area contributed by atoms with Gasteiger partial charge in [0.1, 0.15) is 5.00 Å². The minimum atomic E-state index is -0.509. The smallest absolute Gasteiger partial charge is 0.251 e. The first kappa shape index (κ1) is 19.0. The number of rotatable bonds is 4. The molecule has 1 aliphatic carbocycles. The highest BCUT2D eigenvalue weighted by molar-refractivity contribution is 7.17. The third-order valence-electron chi connectivity index (χ3n) is 4.40. The summed E-state index contributed by atoms with van der Waals surface area (Å²) in [6, 6.07) is 5.13. The van der Waals surface area contributed by atoms with Gasteiger partial charge < -0.3 is 11.1 Å². The Morgan fingerprint density at radius 2 is 2.00 bits per heavy atom. The fourth-order valence-electron chi connectivity index (χ4n) is 3.08. The van der Waals surface area contributed by atoms with E-state index in [1.54, 1.807) is 24.3 Å². The lowest BCUT2D eigenvalue weighted by Crippen LogP contribution is -2.18. The molecule has 1 heterocycles. The molecule has 1 atom stereocenters. The van der Waals surface area contributed by atoms with Gasteiger partial charge in [-0.25, -0.2) is 0 Å². The van der Waals surface area contributed by atoms with E-state index in [9.17, 15) is 9.59 Å². The second kappa shape index (κ2) is 7.82. The molecule has 2 aromatic rings. The van der Waals surface area contributed by atoms with Crippen molar-refractivity contribution in [3.63, 3.8) is 0 Å². The quantitative estimate of drug-likeness (QED) is 0.703. The van der Waals surface area contributed by atoms with Crippen molar-refractivity contribution in [3.8, 4) is 0 Å². The van der Waals surface area contributed by atoms with Crippen molar-refractivity contribution in [2.24, 2.45) is 11.7 Å². The van der Waals surface area contributed by atoms with Crippen LogP contribution in [0.25, 0.3) is 6.08 Å². The van der Waals surface area contributed by atoms with Gasteiger partial charge in [-0.05, 0) is 49.0 Å². The molecule has 0 spiro atoms. The second-order valence-corrected chi connectivity index (χ2v) is 8.30. The largest absolute Gasteiger partial charge is 0.365 e. The molecule has 1 aromatic carbocycles. The SMILES string of the molecule is CC1CCc2c(sc(NC(=O)C=Cc3c(Cl)cccc3Cl)c2C(N)=O)C1. The molecule has 26 heavy (non-hydrogen) atoms. The number of fused-ring (bicyclic) bond motifs is 1. The minimum Gasteiger partial charge on any atom is -0.365 e. The number of anilines is 1. The summed E-state index contributed by atoms with van der Waals surface area (Å²) in [5.74, 6) is -0.312.